The lowest BCUT2D eigenvalue weighted by Crippen LogP contribution is -2.49. The third-order valence-corrected chi connectivity index (χ3v) is 6.86. The number of nitro groups is 1. The quantitative estimate of drug-likeness (QED) is 0.129. The molecule has 0 fully saturated rings. The van der Waals surface area contributed by atoms with E-state index in [1.807, 2.05) is 0 Å². The first-order chi connectivity index (χ1) is 16.1. The van der Waals surface area contributed by atoms with Crippen molar-refractivity contribution >= 4 is 69.8 Å². The SMILES string of the molecule is O=C(c1ccccc1[N+](=O)[O-])N(Cc1ccccc1)N1C(=O)c2c(Cl)c(Cl)c(Cl)c(Cl)c2C1=O. The van der Waals surface area contributed by atoms with E-state index < -0.39 is 28.3 Å². The molecule has 1 aliphatic rings. The van der Waals surface area contributed by atoms with Crippen LogP contribution in [0.2, 0.25) is 20.1 Å². The first kappa shape index (κ1) is 24.0. The summed E-state index contributed by atoms with van der Waals surface area (Å²) in [5.41, 5.74) is -0.921. The summed E-state index contributed by atoms with van der Waals surface area (Å²) in [5.74, 6) is -2.92. The highest BCUT2D eigenvalue weighted by Crippen LogP contribution is 2.45. The predicted octanol–water partition coefficient (Wildman–Crippen LogP) is 6.06. The van der Waals surface area contributed by atoms with Crippen molar-refractivity contribution in [3.05, 3.63) is 107 Å². The summed E-state index contributed by atoms with van der Waals surface area (Å²) >= 11 is 24.5. The second-order valence-electron chi connectivity index (χ2n) is 7.05. The highest BCUT2D eigenvalue weighted by Gasteiger charge is 2.46. The summed E-state index contributed by atoms with van der Waals surface area (Å²) < 4.78 is 0. The van der Waals surface area contributed by atoms with Crippen LogP contribution in [0.25, 0.3) is 0 Å². The molecule has 3 amide bonds. The molecule has 0 spiro atoms. The molecule has 3 aromatic rings. The maximum atomic E-state index is 13.6. The number of para-hydroxylation sites is 1. The predicted molar refractivity (Wildman–Crippen MR) is 126 cm³/mol. The van der Waals surface area contributed by atoms with Crippen molar-refractivity contribution in [1.29, 1.82) is 0 Å². The van der Waals surface area contributed by atoms with E-state index in [4.69, 9.17) is 46.4 Å². The lowest BCUT2D eigenvalue weighted by Gasteiger charge is -2.30. The van der Waals surface area contributed by atoms with Gasteiger partial charge >= 0.3 is 0 Å². The summed E-state index contributed by atoms with van der Waals surface area (Å²) in [6, 6.07) is 13.6. The van der Waals surface area contributed by atoms with Gasteiger partial charge in [-0.15, -0.1) is 0 Å². The van der Waals surface area contributed by atoms with E-state index in [2.05, 4.69) is 0 Å². The molecule has 1 aliphatic heterocycles. The van der Waals surface area contributed by atoms with Crippen LogP contribution in [0.1, 0.15) is 36.6 Å². The average molecular weight is 539 g/mol. The van der Waals surface area contributed by atoms with Gasteiger partial charge in [0, 0.05) is 6.07 Å². The molecule has 34 heavy (non-hydrogen) atoms. The van der Waals surface area contributed by atoms with Crippen molar-refractivity contribution in [3.63, 3.8) is 0 Å². The molecular formula is C22H11Cl4N3O5. The van der Waals surface area contributed by atoms with Gasteiger partial charge in [0.2, 0.25) is 0 Å². The van der Waals surface area contributed by atoms with E-state index in [1.54, 1.807) is 30.3 Å². The van der Waals surface area contributed by atoms with E-state index >= 15 is 0 Å². The van der Waals surface area contributed by atoms with Crippen LogP contribution in [0.3, 0.4) is 0 Å². The highest BCUT2D eigenvalue weighted by atomic mass is 35.5. The Morgan fingerprint density at radius 1 is 0.824 bits per heavy atom. The lowest BCUT2D eigenvalue weighted by molar-refractivity contribution is -0.385. The highest BCUT2D eigenvalue weighted by molar-refractivity contribution is 6.55. The zero-order valence-electron chi connectivity index (χ0n) is 16.8. The maximum Gasteiger partial charge on any atom is 0.282 e. The lowest BCUT2D eigenvalue weighted by atomic mass is 10.1. The Labute approximate surface area is 212 Å². The number of carbonyl (C=O) groups excluding carboxylic acids is 3. The molecule has 0 aromatic heterocycles. The number of rotatable bonds is 5. The number of nitrogens with zero attached hydrogens (tertiary/aromatic N) is 3. The average Bonchev–Trinajstić information content (AvgIpc) is 3.10. The van der Waals surface area contributed by atoms with Gasteiger partial charge in [0.1, 0.15) is 5.56 Å². The number of hydrogen-bond donors (Lipinski definition) is 0. The minimum atomic E-state index is -0.978. The van der Waals surface area contributed by atoms with Crippen molar-refractivity contribution in [2.45, 2.75) is 6.54 Å². The van der Waals surface area contributed by atoms with Crippen LogP contribution >= 0.6 is 46.4 Å². The van der Waals surface area contributed by atoms with Gasteiger partial charge in [-0.3, -0.25) is 24.5 Å². The fourth-order valence-electron chi connectivity index (χ4n) is 3.50. The Morgan fingerprint density at radius 2 is 1.32 bits per heavy atom. The van der Waals surface area contributed by atoms with E-state index in [0.29, 0.717) is 10.6 Å². The molecule has 12 heteroatoms. The Morgan fingerprint density at radius 3 is 1.85 bits per heavy atom. The summed E-state index contributed by atoms with van der Waals surface area (Å²) in [4.78, 5) is 51.1. The number of hydrogen-bond acceptors (Lipinski definition) is 5. The Balaban J connectivity index is 1.88. The van der Waals surface area contributed by atoms with Crippen molar-refractivity contribution in [1.82, 2.24) is 10.0 Å². The second-order valence-corrected chi connectivity index (χ2v) is 8.56. The van der Waals surface area contributed by atoms with Gasteiger partial charge in [-0.05, 0) is 11.6 Å². The third-order valence-electron chi connectivity index (χ3n) is 5.06. The van der Waals surface area contributed by atoms with Crippen LogP contribution in [0, 0.1) is 10.1 Å². The molecule has 8 nitrogen and oxygen atoms in total. The Hall–Kier alpha value is -3.17. The van der Waals surface area contributed by atoms with Crippen LogP contribution in [0.4, 0.5) is 5.69 Å². The number of benzene rings is 3. The fraction of sp³-hybridized carbons (Fsp3) is 0.0455. The summed E-state index contributed by atoms with van der Waals surface area (Å²) in [5, 5.41) is 11.8. The number of amides is 3. The van der Waals surface area contributed by atoms with Crippen LogP contribution in [0.5, 0.6) is 0 Å². The minimum Gasteiger partial charge on any atom is -0.267 e. The number of halogens is 4. The van der Waals surface area contributed by atoms with Crippen LogP contribution in [-0.2, 0) is 6.54 Å². The molecule has 0 atom stereocenters. The normalized spacial score (nSPS) is 12.6. The van der Waals surface area contributed by atoms with Gasteiger partial charge in [-0.1, -0.05) is 88.9 Å². The van der Waals surface area contributed by atoms with Crippen LogP contribution in [0.15, 0.2) is 54.6 Å². The number of hydrazine groups is 1. The molecule has 0 N–H and O–H groups in total. The number of carbonyl (C=O) groups is 3. The summed E-state index contributed by atoms with van der Waals surface area (Å²) in [6.45, 7) is -0.270. The minimum absolute atomic E-state index is 0.227. The smallest absolute Gasteiger partial charge is 0.267 e. The molecule has 1 heterocycles. The van der Waals surface area contributed by atoms with Gasteiger partial charge in [-0.2, -0.15) is 5.01 Å². The number of nitro benzene ring substituents is 1. The molecule has 0 aliphatic carbocycles. The fourth-order valence-corrected chi connectivity index (χ4v) is 4.51. The zero-order valence-corrected chi connectivity index (χ0v) is 19.8. The van der Waals surface area contributed by atoms with E-state index in [9.17, 15) is 24.5 Å². The number of fused-ring (bicyclic) bond motifs is 1. The summed E-state index contributed by atoms with van der Waals surface area (Å²) in [7, 11) is 0. The molecule has 3 aromatic carbocycles. The van der Waals surface area contributed by atoms with Crippen LogP contribution < -0.4 is 0 Å². The van der Waals surface area contributed by atoms with Crippen molar-refractivity contribution < 1.29 is 19.3 Å². The van der Waals surface area contributed by atoms with E-state index in [-0.39, 0.29) is 43.3 Å². The monoisotopic (exact) mass is 537 g/mol. The van der Waals surface area contributed by atoms with Crippen molar-refractivity contribution in [2.75, 3.05) is 0 Å². The maximum absolute atomic E-state index is 13.6. The topological polar surface area (TPSA) is 101 Å². The first-order valence-corrected chi connectivity index (χ1v) is 11.0. The largest absolute Gasteiger partial charge is 0.282 e. The molecule has 0 bridgehead atoms. The third kappa shape index (κ3) is 3.88. The van der Waals surface area contributed by atoms with Gasteiger partial charge in [0.05, 0.1) is 42.7 Å². The van der Waals surface area contributed by atoms with Crippen LogP contribution in [-0.4, -0.2) is 32.7 Å². The molecule has 0 unspecified atom stereocenters. The number of imide groups is 1. The Kier molecular flexibility index (Phi) is 6.51. The van der Waals surface area contributed by atoms with Crippen molar-refractivity contribution in [2.24, 2.45) is 0 Å². The first-order valence-electron chi connectivity index (χ1n) is 9.49. The molecule has 0 saturated heterocycles. The van der Waals surface area contributed by atoms with E-state index in [0.717, 1.165) is 11.1 Å². The molecule has 0 radical (unpaired) electrons. The molecular weight excluding hydrogens is 528 g/mol. The van der Waals surface area contributed by atoms with Gasteiger partial charge < -0.3 is 0 Å². The van der Waals surface area contributed by atoms with Gasteiger partial charge in [0.15, 0.2) is 0 Å². The standard InChI is InChI=1S/C22H11Cl4N3O5/c23-16-14-15(17(24)19(26)18(16)25)22(32)28(21(14)31)27(10-11-6-2-1-3-7-11)20(30)12-8-4-5-9-13(12)29(33)34/h1-9H,10H2. The molecule has 4 rings (SSSR count). The molecule has 0 saturated carbocycles. The Bertz CT molecular complexity index is 1330. The summed E-state index contributed by atoms with van der Waals surface area (Å²) in [6.07, 6.45) is 0. The second kappa shape index (κ2) is 9.23. The molecule has 172 valence electrons. The van der Waals surface area contributed by atoms with Gasteiger partial charge in [-0.25, -0.2) is 5.01 Å². The van der Waals surface area contributed by atoms with E-state index in [1.165, 1.54) is 18.2 Å². The van der Waals surface area contributed by atoms with Gasteiger partial charge in [0.25, 0.3) is 23.4 Å². The van der Waals surface area contributed by atoms with Crippen molar-refractivity contribution in [3.8, 4) is 0 Å². The zero-order chi connectivity index (χ0) is 24.7.